The fourth-order valence-corrected chi connectivity index (χ4v) is 1.79. The van der Waals surface area contributed by atoms with E-state index in [2.05, 4.69) is 31.5 Å². The number of nitrogens with zero attached hydrogens (tertiary/aromatic N) is 1. The number of halogens is 1. The average molecular weight is 314 g/mol. The zero-order chi connectivity index (χ0) is 13.0. The van der Waals surface area contributed by atoms with Crippen molar-refractivity contribution in [2.24, 2.45) is 0 Å². The number of hydrogen-bond acceptors (Lipinski definition) is 4. The highest BCUT2D eigenvalue weighted by Gasteiger charge is 2.05. The van der Waals surface area contributed by atoms with Gasteiger partial charge < -0.3 is 20.2 Å². The highest BCUT2D eigenvalue weighted by molar-refractivity contribution is 9.10. The summed E-state index contributed by atoms with van der Waals surface area (Å²) in [7, 11) is 0. The quantitative estimate of drug-likeness (QED) is 0.739. The van der Waals surface area contributed by atoms with E-state index >= 15 is 0 Å². The number of amides is 1. The van der Waals surface area contributed by atoms with Crippen molar-refractivity contribution in [3.05, 3.63) is 22.7 Å². The molecule has 3 N–H and O–H groups in total. The molecule has 0 unspecified atom stereocenters. The largest absolute Gasteiger partial charge is 0.465 e. The Hall–Kier alpha value is -1.76. The number of fused-ring (bicyclic) bond motifs is 1. The first-order chi connectivity index (χ1) is 8.65. The zero-order valence-electron chi connectivity index (χ0n) is 9.44. The molecule has 0 atom stereocenters. The number of aromatic nitrogens is 1. The lowest BCUT2D eigenvalue weighted by atomic mass is 10.3. The van der Waals surface area contributed by atoms with Crippen LogP contribution in [0.3, 0.4) is 0 Å². The maximum absolute atomic E-state index is 10.2. The van der Waals surface area contributed by atoms with E-state index in [4.69, 9.17) is 9.52 Å². The molecule has 0 aliphatic rings. The molecule has 1 amide bonds. The van der Waals surface area contributed by atoms with Crippen LogP contribution in [0.1, 0.15) is 6.42 Å². The number of carbonyl (C=O) groups is 1. The molecule has 7 heteroatoms. The van der Waals surface area contributed by atoms with Crippen LogP contribution in [0.25, 0.3) is 11.1 Å². The first-order valence-corrected chi connectivity index (χ1v) is 6.21. The van der Waals surface area contributed by atoms with Crippen molar-refractivity contribution in [2.75, 3.05) is 18.4 Å². The Morgan fingerprint density at radius 3 is 3.06 bits per heavy atom. The molecule has 2 rings (SSSR count). The molecule has 0 fully saturated rings. The van der Waals surface area contributed by atoms with Crippen LogP contribution in [0.15, 0.2) is 27.1 Å². The van der Waals surface area contributed by atoms with Gasteiger partial charge in [-0.15, -0.1) is 0 Å². The predicted octanol–water partition coefficient (Wildman–Crippen LogP) is 2.66. The van der Waals surface area contributed by atoms with E-state index in [1.807, 2.05) is 18.2 Å². The van der Waals surface area contributed by atoms with Crippen LogP contribution in [-0.4, -0.2) is 29.3 Å². The fourth-order valence-electron chi connectivity index (χ4n) is 1.45. The summed E-state index contributed by atoms with van der Waals surface area (Å²) in [6.45, 7) is 0.988. The number of nitrogens with one attached hydrogen (secondary N) is 2. The number of anilines is 1. The molecule has 96 valence electrons. The van der Waals surface area contributed by atoms with Gasteiger partial charge in [0.25, 0.3) is 6.01 Å². The van der Waals surface area contributed by atoms with E-state index in [-0.39, 0.29) is 0 Å². The molecule has 0 bridgehead atoms. The summed E-state index contributed by atoms with van der Waals surface area (Å²) in [5.41, 5.74) is 1.49. The molecular formula is C11H12BrN3O3. The molecule has 0 saturated carbocycles. The molecule has 0 saturated heterocycles. The lowest BCUT2D eigenvalue weighted by Gasteiger charge is -2.01. The minimum absolute atomic E-state index is 0.397. The molecule has 0 aliphatic heterocycles. The van der Waals surface area contributed by atoms with Gasteiger partial charge in [-0.1, -0.05) is 15.9 Å². The highest BCUT2D eigenvalue weighted by Crippen LogP contribution is 2.22. The number of hydrogen-bond donors (Lipinski definition) is 3. The van der Waals surface area contributed by atoms with Crippen molar-refractivity contribution < 1.29 is 14.3 Å². The van der Waals surface area contributed by atoms with Gasteiger partial charge in [0.1, 0.15) is 5.52 Å². The van der Waals surface area contributed by atoms with Crippen molar-refractivity contribution in [3.8, 4) is 0 Å². The zero-order valence-corrected chi connectivity index (χ0v) is 11.0. The number of carboxylic acid groups (broad SMARTS) is 1. The topological polar surface area (TPSA) is 87.4 Å². The summed E-state index contributed by atoms with van der Waals surface area (Å²) in [6.07, 6.45) is -0.351. The summed E-state index contributed by atoms with van der Waals surface area (Å²) in [5.74, 6) is 0. The van der Waals surface area contributed by atoms with Crippen LogP contribution in [0.4, 0.5) is 10.8 Å². The molecule has 1 aromatic heterocycles. The van der Waals surface area contributed by atoms with E-state index in [0.29, 0.717) is 31.1 Å². The second kappa shape index (κ2) is 5.72. The smallest absolute Gasteiger partial charge is 0.404 e. The van der Waals surface area contributed by atoms with Gasteiger partial charge >= 0.3 is 6.09 Å². The third-order valence-electron chi connectivity index (χ3n) is 2.26. The first kappa shape index (κ1) is 12.7. The number of rotatable bonds is 5. The maximum Gasteiger partial charge on any atom is 0.404 e. The van der Waals surface area contributed by atoms with Crippen molar-refractivity contribution in [3.63, 3.8) is 0 Å². The Labute approximate surface area is 112 Å². The third-order valence-corrected chi connectivity index (χ3v) is 2.75. The highest BCUT2D eigenvalue weighted by atomic mass is 79.9. The molecule has 18 heavy (non-hydrogen) atoms. The minimum atomic E-state index is -1.01. The van der Waals surface area contributed by atoms with Crippen molar-refractivity contribution >= 4 is 39.1 Å². The second-order valence-electron chi connectivity index (χ2n) is 3.64. The summed E-state index contributed by atoms with van der Waals surface area (Å²) in [5, 5.41) is 13.7. The lowest BCUT2D eigenvalue weighted by molar-refractivity contribution is 0.194. The van der Waals surface area contributed by atoms with Crippen molar-refractivity contribution in [1.82, 2.24) is 10.3 Å². The molecule has 1 aromatic carbocycles. The SMILES string of the molecule is O=C(O)NCCCNc1nc2ccc(Br)cc2o1. The van der Waals surface area contributed by atoms with Crippen LogP contribution in [0, 0.1) is 0 Å². The Kier molecular flexibility index (Phi) is 4.03. The molecular weight excluding hydrogens is 302 g/mol. The molecule has 0 spiro atoms. The Morgan fingerprint density at radius 1 is 1.44 bits per heavy atom. The van der Waals surface area contributed by atoms with Crippen LogP contribution < -0.4 is 10.6 Å². The summed E-state index contributed by atoms with van der Waals surface area (Å²) in [4.78, 5) is 14.5. The standard InChI is InChI=1S/C11H12BrN3O3/c12-7-2-3-8-9(6-7)18-10(15-8)13-4-1-5-14-11(16)17/h2-3,6,14H,1,4-5H2,(H,13,15)(H,16,17). The van der Waals surface area contributed by atoms with Crippen LogP contribution in [0.5, 0.6) is 0 Å². The van der Waals surface area contributed by atoms with Gasteiger partial charge in [-0.3, -0.25) is 0 Å². The van der Waals surface area contributed by atoms with Gasteiger partial charge in [-0.25, -0.2) is 4.79 Å². The van der Waals surface area contributed by atoms with Crippen LogP contribution >= 0.6 is 15.9 Å². The second-order valence-corrected chi connectivity index (χ2v) is 4.56. The molecule has 0 radical (unpaired) electrons. The average Bonchev–Trinajstić information content (AvgIpc) is 2.70. The molecule has 2 aromatic rings. The van der Waals surface area contributed by atoms with E-state index in [1.165, 1.54) is 0 Å². The minimum Gasteiger partial charge on any atom is -0.465 e. The summed E-state index contributed by atoms with van der Waals surface area (Å²) in [6, 6.07) is 6.05. The Morgan fingerprint density at radius 2 is 2.28 bits per heavy atom. The fraction of sp³-hybridized carbons (Fsp3) is 0.273. The van der Waals surface area contributed by atoms with E-state index in [0.717, 1.165) is 9.99 Å². The predicted molar refractivity (Wildman–Crippen MR) is 70.8 cm³/mol. The van der Waals surface area contributed by atoms with Gasteiger partial charge in [-0.2, -0.15) is 4.98 Å². The molecule has 1 heterocycles. The lowest BCUT2D eigenvalue weighted by Crippen LogP contribution is -2.23. The first-order valence-electron chi connectivity index (χ1n) is 5.42. The summed E-state index contributed by atoms with van der Waals surface area (Å²) >= 11 is 3.36. The number of benzene rings is 1. The van der Waals surface area contributed by atoms with Gasteiger partial charge in [0.2, 0.25) is 0 Å². The number of oxazole rings is 1. The third kappa shape index (κ3) is 3.36. The van der Waals surface area contributed by atoms with Gasteiger partial charge in [0, 0.05) is 17.6 Å². The summed E-state index contributed by atoms with van der Waals surface area (Å²) < 4.78 is 6.42. The van der Waals surface area contributed by atoms with E-state index in [9.17, 15) is 4.79 Å². The van der Waals surface area contributed by atoms with Gasteiger partial charge in [-0.05, 0) is 24.6 Å². The van der Waals surface area contributed by atoms with Crippen LogP contribution in [-0.2, 0) is 0 Å². The van der Waals surface area contributed by atoms with E-state index in [1.54, 1.807) is 0 Å². The Balaban J connectivity index is 1.86. The monoisotopic (exact) mass is 313 g/mol. The van der Waals surface area contributed by atoms with Crippen molar-refractivity contribution in [1.29, 1.82) is 0 Å². The van der Waals surface area contributed by atoms with Gasteiger partial charge in [0.15, 0.2) is 5.58 Å². The van der Waals surface area contributed by atoms with Gasteiger partial charge in [0.05, 0.1) is 0 Å². The van der Waals surface area contributed by atoms with Crippen LogP contribution in [0.2, 0.25) is 0 Å². The normalized spacial score (nSPS) is 10.5. The molecule has 6 nitrogen and oxygen atoms in total. The maximum atomic E-state index is 10.2. The molecule has 0 aliphatic carbocycles. The Bertz CT molecular complexity index is 555. The van der Waals surface area contributed by atoms with Crippen molar-refractivity contribution in [2.45, 2.75) is 6.42 Å². The van der Waals surface area contributed by atoms with E-state index < -0.39 is 6.09 Å².